The van der Waals surface area contributed by atoms with Crippen LogP contribution in [0, 0.1) is 5.82 Å². The topological polar surface area (TPSA) is 143 Å². The van der Waals surface area contributed by atoms with Crippen LogP contribution in [0.5, 0.6) is 0 Å². The monoisotopic (exact) mass is 364 g/mol. The van der Waals surface area contributed by atoms with E-state index < -0.39 is 0 Å². The standard InChI is InChI=1S/C17H13FN8O/c18-10-3-1-2-9(6-10)7-13-22-14(25-17(20)23-13)15-24-16(27-26-15)12-5-4-11(19)8-21-12/h1-6,8H,7,19H2,(H2,20,22,23,25). The second-order valence-corrected chi connectivity index (χ2v) is 5.64. The first-order chi connectivity index (χ1) is 13.1. The summed E-state index contributed by atoms with van der Waals surface area (Å²) in [5.41, 5.74) is 13.1. The van der Waals surface area contributed by atoms with Gasteiger partial charge in [0.15, 0.2) is 0 Å². The minimum Gasteiger partial charge on any atom is -0.397 e. The van der Waals surface area contributed by atoms with Crippen LogP contribution in [0.15, 0.2) is 47.1 Å². The number of nitrogen functional groups attached to an aromatic ring is 2. The smallest absolute Gasteiger partial charge is 0.276 e. The van der Waals surface area contributed by atoms with Gasteiger partial charge in [-0.3, -0.25) is 0 Å². The molecule has 0 aliphatic carbocycles. The Labute approximate surface area is 152 Å². The van der Waals surface area contributed by atoms with Crippen molar-refractivity contribution in [1.82, 2.24) is 30.1 Å². The number of pyridine rings is 1. The largest absolute Gasteiger partial charge is 0.397 e. The third kappa shape index (κ3) is 3.68. The van der Waals surface area contributed by atoms with Crippen molar-refractivity contribution in [2.75, 3.05) is 11.5 Å². The molecule has 134 valence electrons. The van der Waals surface area contributed by atoms with Gasteiger partial charge in [0.1, 0.15) is 17.3 Å². The van der Waals surface area contributed by atoms with E-state index in [1.165, 1.54) is 18.3 Å². The molecule has 0 aliphatic heterocycles. The molecule has 0 saturated heterocycles. The van der Waals surface area contributed by atoms with E-state index in [1.54, 1.807) is 24.3 Å². The number of nitrogens with zero attached hydrogens (tertiary/aromatic N) is 6. The van der Waals surface area contributed by atoms with Gasteiger partial charge in [0.2, 0.25) is 17.6 Å². The molecule has 10 heteroatoms. The molecular weight excluding hydrogens is 351 g/mol. The fourth-order valence-electron chi connectivity index (χ4n) is 2.40. The highest BCUT2D eigenvalue weighted by Crippen LogP contribution is 2.20. The summed E-state index contributed by atoms with van der Waals surface area (Å²) in [5, 5.41) is 3.86. The van der Waals surface area contributed by atoms with Gasteiger partial charge in [-0.15, -0.1) is 0 Å². The molecule has 0 aliphatic rings. The van der Waals surface area contributed by atoms with E-state index in [4.69, 9.17) is 16.0 Å². The highest BCUT2D eigenvalue weighted by atomic mass is 19.1. The van der Waals surface area contributed by atoms with Gasteiger partial charge in [-0.25, -0.2) is 14.4 Å². The number of aromatic nitrogens is 6. The number of nitrogens with two attached hydrogens (primary N) is 2. The fourth-order valence-corrected chi connectivity index (χ4v) is 2.40. The lowest BCUT2D eigenvalue weighted by Gasteiger charge is -2.03. The van der Waals surface area contributed by atoms with Gasteiger partial charge in [-0.1, -0.05) is 17.3 Å². The molecule has 0 bridgehead atoms. The molecule has 3 aromatic heterocycles. The maximum Gasteiger partial charge on any atom is 0.276 e. The van der Waals surface area contributed by atoms with E-state index in [-0.39, 0.29) is 35.7 Å². The van der Waals surface area contributed by atoms with Crippen LogP contribution in [0.4, 0.5) is 16.0 Å². The van der Waals surface area contributed by atoms with Crippen molar-refractivity contribution in [3.8, 4) is 23.2 Å². The quantitative estimate of drug-likeness (QED) is 0.554. The first-order valence-electron chi connectivity index (χ1n) is 7.88. The summed E-state index contributed by atoms with van der Waals surface area (Å²) < 4.78 is 18.6. The number of hydrogen-bond donors (Lipinski definition) is 2. The second-order valence-electron chi connectivity index (χ2n) is 5.64. The van der Waals surface area contributed by atoms with Crippen LogP contribution in [0.3, 0.4) is 0 Å². The maximum atomic E-state index is 13.4. The summed E-state index contributed by atoms with van der Waals surface area (Å²) >= 11 is 0. The third-order valence-electron chi connectivity index (χ3n) is 3.58. The molecule has 0 radical (unpaired) electrons. The average molecular weight is 364 g/mol. The Bertz CT molecular complexity index is 1100. The molecule has 0 amide bonds. The second kappa shape index (κ2) is 6.75. The van der Waals surface area contributed by atoms with Gasteiger partial charge in [0.05, 0.1) is 11.9 Å². The summed E-state index contributed by atoms with van der Waals surface area (Å²) in [6.45, 7) is 0. The van der Waals surface area contributed by atoms with Crippen molar-refractivity contribution in [1.29, 1.82) is 0 Å². The fraction of sp³-hybridized carbons (Fsp3) is 0.0588. The van der Waals surface area contributed by atoms with Crippen molar-refractivity contribution in [2.45, 2.75) is 6.42 Å². The molecule has 0 saturated carbocycles. The Morgan fingerprint density at radius 2 is 1.85 bits per heavy atom. The Hall–Kier alpha value is -3.95. The van der Waals surface area contributed by atoms with Gasteiger partial charge in [-0.05, 0) is 29.8 Å². The van der Waals surface area contributed by atoms with Crippen LogP contribution in [-0.4, -0.2) is 30.1 Å². The molecule has 3 heterocycles. The average Bonchev–Trinajstić information content (AvgIpc) is 3.12. The molecule has 0 atom stereocenters. The highest BCUT2D eigenvalue weighted by molar-refractivity contribution is 5.54. The van der Waals surface area contributed by atoms with E-state index in [1.807, 2.05) is 0 Å². The summed E-state index contributed by atoms with van der Waals surface area (Å²) in [5.74, 6) is 0.505. The zero-order valence-corrected chi connectivity index (χ0v) is 13.9. The normalized spacial score (nSPS) is 10.9. The Morgan fingerprint density at radius 3 is 2.63 bits per heavy atom. The van der Waals surface area contributed by atoms with E-state index in [0.717, 1.165) is 0 Å². The molecule has 0 fully saturated rings. The lowest BCUT2D eigenvalue weighted by molar-refractivity contribution is 0.430. The van der Waals surface area contributed by atoms with Crippen LogP contribution < -0.4 is 11.5 Å². The molecule has 4 N–H and O–H groups in total. The van der Waals surface area contributed by atoms with Gasteiger partial charge in [0.25, 0.3) is 5.89 Å². The Kier molecular flexibility index (Phi) is 4.13. The van der Waals surface area contributed by atoms with E-state index in [2.05, 4.69) is 30.1 Å². The summed E-state index contributed by atoms with van der Waals surface area (Å²) in [6.07, 6.45) is 1.76. The lowest BCUT2D eigenvalue weighted by atomic mass is 10.1. The summed E-state index contributed by atoms with van der Waals surface area (Å²) in [6, 6.07) is 9.47. The van der Waals surface area contributed by atoms with E-state index in [9.17, 15) is 4.39 Å². The van der Waals surface area contributed by atoms with Gasteiger partial charge >= 0.3 is 0 Å². The summed E-state index contributed by atoms with van der Waals surface area (Å²) in [7, 11) is 0. The van der Waals surface area contributed by atoms with Crippen molar-refractivity contribution in [3.63, 3.8) is 0 Å². The predicted octanol–water partition coefficient (Wildman–Crippen LogP) is 1.88. The Balaban J connectivity index is 1.64. The molecule has 9 nitrogen and oxygen atoms in total. The Morgan fingerprint density at radius 1 is 0.963 bits per heavy atom. The maximum absolute atomic E-state index is 13.4. The van der Waals surface area contributed by atoms with E-state index in [0.29, 0.717) is 22.8 Å². The first kappa shape index (κ1) is 16.5. The van der Waals surface area contributed by atoms with Crippen LogP contribution in [0.2, 0.25) is 0 Å². The molecule has 4 aromatic rings. The SMILES string of the molecule is Nc1ccc(-c2nc(-c3nc(N)nc(Cc4cccc(F)c4)n3)no2)nc1. The number of anilines is 2. The summed E-state index contributed by atoms with van der Waals surface area (Å²) in [4.78, 5) is 20.8. The lowest BCUT2D eigenvalue weighted by Crippen LogP contribution is -2.06. The van der Waals surface area contributed by atoms with E-state index >= 15 is 0 Å². The molecule has 0 unspecified atom stereocenters. The van der Waals surface area contributed by atoms with Gasteiger partial charge in [0, 0.05) is 6.42 Å². The van der Waals surface area contributed by atoms with Crippen molar-refractivity contribution >= 4 is 11.6 Å². The number of benzene rings is 1. The van der Waals surface area contributed by atoms with Gasteiger partial charge in [-0.2, -0.15) is 15.0 Å². The van der Waals surface area contributed by atoms with Crippen LogP contribution in [0.1, 0.15) is 11.4 Å². The third-order valence-corrected chi connectivity index (χ3v) is 3.58. The zero-order valence-electron chi connectivity index (χ0n) is 13.9. The number of rotatable bonds is 4. The highest BCUT2D eigenvalue weighted by Gasteiger charge is 2.16. The molecule has 27 heavy (non-hydrogen) atoms. The van der Waals surface area contributed by atoms with Crippen LogP contribution in [-0.2, 0) is 6.42 Å². The van der Waals surface area contributed by atoms with Crippen molar-refractivity contribution in [2.24, 2.45) is 0 Å². The van der Waals surface area contributed by atoms with Crippen LogP contribution in [0.25, 0.3) is 23.2 Å². The number of hydrogen-bond acceptors (Lipinski definition) is 9. The minimum absolute atomic E-state index is 0.00311. The van der Waals surface area contributed by atoms with Crippen molar-refractivity contribution in [3.05, 3.63) is 59.8 Å². The molecule has 4 rings (SSSR count). The predicted molar refractivity (Wildman–Crippen MR) is 94.4 cm³/mol. The first-order valence-corrected chi connectivity index (χ1v) is 7.88. The van der Waals surface area contributed by atoms with Crippen LogP contribution >= 0.6 is 0 Å². The molecule has 1 aromatic carbocycles. The molecule has 0 spiro atoms. The molecular formula is C17H13FN8O. The van der Waals surface area contributed by atoms with Gasteiger partial charge < -0.3 is 16.0 Å². The number of halogens is 1. The zero-order chi connectivity index (χ0) is 18.8. The van der Waals surface area contributed by atoms with Crippen molar-refractivity contribution < 1.29 is 8.91 Å². The minimum atomic E-state index is -0.339.